The highest BCUT2D eigenvalue weighted by Crippen LogP contribution is 2.53. The average molecular weight is 481 g/mol. The Morgan fingerprint density at radius 1 is 0.933 bits per heavy atom. The maximum atomic E-state index is 13.3. The molecule has 30 heavy (non-hydrogen) atoms. The lowest BCUT2D eigenvalue weighted by atomic mass is 9.72. The molecule has 2 aliphatic heterocycles. The molecule has 2 unspecified atom stereocenters. The maximum absolute atomic E-state index is 13.3. The molecule has 2 heterocycles. The molecule has 2 aliphatic rings. The van der Waals surface area contributed by atoms with Crippen LogP contribution in [0.2, 0.25) is 5.02 Å². The molecule has 2 atom stereocenters. The fourth-order valence-electron chi connectivity index (χ4n) is 3.98. The van der Waals surface area contributed by atoms with E-state index >= 15 is 0 Å². The van der Waals surface area contributed by atoms with Crippen LogP contribution in [0.3, 0.4) is 0 Å². The van der Waals surface area contributed by atoms with E-state index in [4.69, 9.17) is 21.5 Å². The van der Waals surface area contributed by atoms with Gasteiger partial charge in [-0.25, -0.2) is 4.79 Å². The largest absolute Gasteiger partial charge is 0.356 e. The number of nitrogens with zero attached hydrogens (tertiary/aromatic N) is 3. The molecular formula is C23H15BrClN3O2. The van der Waals surface area contributed by atoms with Crippen molar-refractivity contribution in [2.24, 2.45) is 15.7 Å². The number of anilines is 1. The summed E-state index contributed by atoms with van der Waals surface area (Å²) in [6.45, 7) is 0. The highest BCUT2D eigenvalue weighted by Gasteiger charge is 2.65. The second-order valence-electron chi connectivity index (χ2n) is 7.02. The number of hydrogen-bond donors (Lipinski definition) is 0. The predicted octanol–water partition coefficient (Wildman–Crippen LogP) is 5.56. The number of hydrogen-bond acceptors (Lipinski definition) is 5. The van der Waals surface area contributed by atoms with E-state index in [0.717, 1.165) is 16.8 Å². The topological polar surface area (TPSA) is 54.3 Å². The van der Waals surface area contributed by atoms with Crippen LogP contribution in [0.5, 0.6) is 0 Å². The summed E-state index contributed by atoms with van der Waals surface area (Å²) in [6, 6.07) is 26.1. The first-order chi connectivity index (χ1) is 14.6. The molecule has 0 saturated heterocycles. The van der Waals surface area contributed by atoms with E-state index < -0.39 is 17.4 Å². The van der Waals surface area contributed by atoms with Gasteiger partial charge in [0.15, 0.2) is 5.41 Å². The molecular weight excluding hydrogens is 466 g/mol. The quantitative estimate of drug-likeness (QED) is 0.461. The van der Waals surface area contributed by atoms with E-state index in [2.05, 4.69) is 21.1 Å². The number of rotatable bonds is 3. The first kappa shape index (κ1) is 19.0. The molecule has 1 spiro atoms. The van der Waals surface area contributed by atoms with Crippen LogP contribution in [-0.2, 0) is 9.63 Å². The molecule has 7 heteroatoms. The Morgan fingerprint density at radius 3 is 2.23 bits per heavy atom. The Bertz CT molecular complexity index is 1170. The second-order valence-corrected chi connectivity index (χ2v) is 8.21. The van der Waals surface area contributed by atoms with Crippen molar-refractivity contribution < 1.29 is 9.63 Å². The molecule has 0 radical (unpaired) electrons. The van der Waals surface area contributed by atoms with Gasteiger partial charge in [0.2, 0.25) is 0 Å². The summed E-state index contributed by atoms with van der Waals surface area (Å²) in [4.78, 5) is 18.6. The highest BCUT2D eigenvalue weighted by molar-refractivity contribution is 9.18. The molecule has 5 nitrogen and oxygen atoms in total. The molecule has 0 aliphatic carbocycles. The lowest BCUT2D eigenvalue weighted by Crippen LogP contribution is -2.46. The van der Waals surface area contributed by atoms with Crippen LogP contribution in [0, 0.1) is 5.41 Å². The van der Waals surface area contributed by atoms with Gasteiger partial charge in [-0.1, -0.05) is 77.4 Å². The van der Waals surface area contributed by atoms with E-state index in [1.807, 2.05) is 77.8 Å². The summed E-state index contributed by atoms with van der Waals surface area (Å²) in [7, 11) is 0. The minimum atomic E-state index is -1.25. The summed E-state index contributed by atoms with van der Waals surface area (Å²) in [5.74, 6) is -0.477. The van der Waals surface area contributed by atoms with Crippen molar-refractivity contribution in [2.45, 2.75) is 6.04 Å². The van der Waals surface area contributed by atoms with Crippen LogP contribution in [0.4, 0.5) is 5.69 Å². The summed E-state index contributed by atoms with van der Waals surface area (Å²) in [6.07, 6.45) is 0. The first-order valence-corrected chi connectivity index (χ1v) is 10.5. The monoisotopic (exact) mass is 479 g/mol. The van der Waals surface area contributed by atoms with Crippen LogP contribution in [-0.4, -0.2) is 16.3 Å². The molecule has 0 N–H and O–H groups in total. The number of benzene rings is 3. The zero-order valence-corrected chi connectivity index (χ0v) is 17.9. The third-order valence-corrected chi connectivity index (χ3v) is 6.38. The van der Waals surface area contributed by atoms with Crippen molar-refractivity contribution in [3.63, 3.8) is 0 Å². The molecule has 5 rings (SSSR count). The number of oxime groups is 1. The Labute approximate surface area is 186 Å². The van der Waals surface area contributed by atoms with Gasteiger partial charge in [-0.3, -0.25) is 5.01 Å². The van der Waals surface area contributed by atoms with Crippen LogP contribution >= 0.6 is 27.5 Å². The fraction of sp³-hybridized carbons (Fsp3) is 0.0870. The predicted molar refractivity (Wildman–Crippen MR) is 121 cm³/mol. The van der Waals surface area contributed by atoms with Crippen molar-refractivity contribution in [1.29, 1.82) is 0 Å². The van der Waals surface area contributed by atoms with Crippen molar-refractivity contribution in [3.8, 4) is 0 Å². The lowest BCUT2D eigenvalue weighted by Gasteiger charge is -2.33. The number of hydrazone groups is 1. The van der Waals surface area contributed by atoms with Crippen LogP contribution in [0.15, 0.2) is 95.2 Å². The summed E-state index contributed by atoms with van der Waals surface area (Å²) in [5.41, 5.74) is 1.78. The minimum Gasteiger partial charge on any atom is -0.316 e. The van der Waals surface area contributed by atoms with Crippen molar-refractivity contribution in [3.05, 3.63) is 101 Å². The van der Waals surface area contributed by atoms with Crippen LogP contribution in [0.1, 0.15) is 17.2 Å². The SMILES string of the molecule is O=C1ON=C(c2ccccc2)C12C(Br)=NN(c1ccccc1)C2c1ccc(Cl)cc1. The lowest BCUT2D eigenvalue weighted by molar-refractivity contribution is -0.145. The smallest absolute Gasteiger partial charge is 0.316 e. The molecule has 0 amide bonds. The van der Waals surface area contributed by atoms with E-state index in [1.54, 1.807) is 12.1 Å². The van der Waals surface area contributed by atoms with E-state index in [1.165, 1.54) is 0 Å². The minimum absolute atomic E-state index is 0.448. The number of carbonyl (C=O) groups is 1. The molecule has 3 aromatic rings. The molecule has 148 valence electrons. The third-order valence-electron chi connectivity index (χ3n) is 5.34. The van der Waals surface area contributed by atoms with Gasteiger partial charge in [0, 0.05) is 10.6 Å². The van der Waals surface area contributed by atoms with Crippen LogP contribution in [0.25, 0.3) is 0 Å². The highest BCUT2D eigenvalue weighted by atomic mass is 79.9. The number of carbonyl (C=O) groups excluding carboxylic acids is 1. The number of halogens is 2. The summed E-state index contributed by atoms with van der Waals surface area (Å²) < 4.78 is 0.448. The second kappa shape index (κ2) is 7.38. The molecule has 0 bridgehead atoms. The Balaban J connectivity index is 1.75. The Morgan fingerprint density at radius 2 is 1.57 bits per heavy atom. The van der Waals surface area contributed by atoms with E-state index in [-0.39, 0.29) is 0 Å². The van der Waals surface area contributed by atoms with Gasteiger partial charge in [-0.15, -0.1) is 0 Å². The molecule has 3 aromatic carbocycles. The normalized spacial score (nSPS) is 22.8. The van der Waals surface area contributed by atoms with Gasteiger partial charge in [0.25, 0.3) is 0 Å². The molecule has 0 saturated carbocycles. The summed E-state index contributed by atoms with van der Waals surface area (Å²) >= 11 is 9.73. The zero-order chi connectivity index (χ0) is 20.7. The Kier molecular flexibility index (Phi) is 4.68. The van der Waals surface area contributed by atoms with Gasteiger partial charge in [0.05, 0.1) is 5.69 Å². The van der Waals surface area contributed by atoms with Crippen molar-refractivity contribution in [1.82, 2.24) is 0 Å². The standard InChI is InChI=1S/C23H15BrClN3O2/c24-21-23(19(27-30-22(23)29)15-7-3-1-4-8-15)20(16-11-13-17(25)14-12-16)28(26-21)18-9-5-2-6-10-18/h1-14,20H. The maximum Gasteiger partial charge on any atom is 0.356 e. The Hall–Kier alpha value is -2.96. The van der Waals surface area contributed by atoms with Crippen molar-refractivity contribution >= 4 is 49.5 Å². The van der Waals surface area contributed by atoms with E-state index in [0.29, 0.717) is 15.4 Å². The average Bonchev–Trinajstić information content (AvgIpc) is 3.29. The molecule has 0 fully saturated rings. The van der Waals surface area contributed by atoms with Gasteiger partial charge in [-0.05, 0) is 45.8 Å². The van der Waals surface area contributed by atoms with E-state index in [9.17, 15) is 4.79 Å². The fourth-order valence-corrected chi connectivity index (χ4v) is 4.84. The molecule has 0 aromatic heterocycles. The van der Waals surface area contributed by atoms with Gasteiger partial charge >= 0.3 is 5.97 Å². The number of para-hydroxylation sites is 1. The van der Waals surface area contributed by atoms with Gasteiger partial charge in [0.1, 0.15) is 16.4 Å². The van der Waals surface area contributed by atoms with Crippen LogP contribution < -0.4 is 5.01 Å². The summed E-state index contributed by atoms with van der Waals surface area (Å²) in [5, 5.41) is 11.4. The zero-order valence-electron chi connectivity index (χ0n) is 15.6. The van der Waals surface area contributed by atoms with Gasteiger partial charge in [-0.2, -0.15) is 5.10 Å². The third kappa shape index (κ3) is 2.79. The first-order valence-electron chi connectivity index (χ1n) is 9.32. The van der Waals surface area contributed by atoms with Crippen molar-refractivity contribution in [2.75, 3.05) is 5.01 Å². The van der Waals surface area contributed by atoms with Gasteiger partial charge < -0.3 is 4.84 Å².